The minimum Gasteiger partial charge on any atom is -0.508 e. The quantitative estimate of drug-likeness (QED) is 0.121. The third kappa shape index (κ3) is 6.87. The Labute approximate surface area is 461 Å². The number of fused-ring (bicyclic) bond motifs is 27. The molecule has 10 aromatic carbocycles. The molecule has 8 bridgehead atoms. The number of para-hydroxylation sites is 7. The van der Waals surface area contributed by atoms with Crippen molar-refractivity contribution in [3.63, 3.8) is 0 Å². The van der Waals surface area contributed by atoms with E-state index in [0.29, 0.717) is 11.2 Å². The average Bonchev–Trinajstić information content (AvgIpc) is 4.31. The summed E-state index contributed by atoms with van der Waals surface area (Å²) in [6.07, 6.45) is 5.71. The smallest absolute Gasteiger partial charge is 0.268 e. The number of hydrogen-bond acceptors (Lipinski definition) is 2. The normalized spacial score (nSPS) is 12.2. The van der Waals surface area contributed by atoms with Gasteiger partial charge in [-0.3, -0.25) is 4.40 Å². The maximum Gasteiger partial charge on any atom is 0.268 e. The van der Waals surface area contributed by atoms with E-state index in [1.807, 2.05) is 18.3 Å². The number of nitrogens with zero attached hydrogens (tertiary/aromatic N) is 6. The molecule has 6 aromatic heterocycles. The molecule has 0 radical (unpaired) electrons. The molecule has 0 unspecified atom stereocenters. The molecule has 0 aliphatic rings. The Kier molecular flexibility index (Phi) is 10.3. The molecule has 78 heavy (non-hydrogen) atoms. The number of hydrogen-bond donors (Lipinski definition) is 0. The van der Waals surface area contributed by atoms with Crippen molar-refractivity contribution in [1.82, 2.24) is 22.8 Å². The van der Waals surface area contributed by atoms with Gasteiger partial charge < -0.3 is 22.2 Å². The molecule has 0 spiro atoms. The van der Waals surface area contributed by atoms with Gasteiger partial charge in [0, 0.05) is 81.9 Å². The molecule has 0 saturated heterocycles. The van der Waals surface area contributed by atoms with Gasteiger partial charge in [-0.15, -0.1) is 24.3 Å². The van der Waals surface area contributed by atoms with Crippen molar-refractivity contribution < 1.29 is 29.9 Å². The summed E-state index contributed by atoms with van der Waals surface area (Å²) < 4.78 is 18.7. The summed E-state index contributed by atoms with van der Waals surface area (Å²) in [5, 5.41) is 11.2. The Morgan fingerprint density at radius 1 is 0.462 bits per heavy atom. The van der Waals surface area contributed by atoms with Crippen molar-refractivity contribution in [2.24, 2.45) is 0 Å². The molecule has 0 aliphatic carbocycles. The summed E-state index contributed by atoms with van der Waals surface area (Å²) in [5.41, 5.74) is 14.2. The molecule has 16 rings (SSSR count). The summed E-state index contributed by atoms with van der Waals surface area (Å²) in [5.74, 6) is 0.819. The maximum absolute atomic E-state index is 7.39. The molecule has 6 heterocycles. The van der Waals surface area contributed by atoms with E-state index < -0.39 is 0 Å². The van der Waals surface area contributed by atoms with Crippen LogP contribution in [0.15, 0.2) is 229 Å². The largest absolute Gasteiger partial charge is 0.508 e. The standard InChI is InChI=1S/C70H46N6O.Pt/c1-70(2,3)46-35-36-71-68(39-46)75-60-29-10-7-24-54(60)57-41-66-67(42-65(57)75)77-49-20-15-18-47(40-49)72-43-73(63-32-13-12-31-62(63)72)58-27-8-4-21-50(58)44-17-14-19-48(37-44)74-59-28-9-5-22-52(59)55-34-33-45(38-64(55)74)51-25-16-26-56-53-23-6-11-30-61(53)76(66)69(51)56;/h4-39,41H,1-3H3;/q-2;. The van der Waals surface area contributed by atoms with Crippen LogP contribution in [-0.2, 0) is 26.5 Å². The van der Waals surface area contributed by atoms with Gasteiger partial charge in [-0.05, 0) is 98.2 Å². The molecule has 374 valence electrons. The van der Waals surface area contributed by atoms with E-state index in [1.54, 1.807) is 0 Å². The fraction of sp³-hybridized carbons (Fsp3) is 0.0571. The first-order chi connectivity index (χ1) is 37.8. The van der Waals surface area contributed by atoms with Gasteiger partial charge in [0.1, 0.15) is 5.82 Å². The van der Waals surface area contributed by atoms with Gasteiger partial charge in [0.25, 0.3) is 6.33 Å². The maximum atomic E-state index is 7.39. The predicted molar refractivity (Wildman–Crippen MR) is 316 cm³/mol. The van der Waals surface area contributed by atoms with Crippen molar-refractivity contribution in [2.45, 2.75) is 26.2 Å². The van der Waals surface area contributed by atoms with Crippen LogP contribution >= 0.6 is 0 Å². The fourth-order valence-corrected chi connectivity index (χ4v) is 12.2. The number of pyridine rings is 1. The van der Waals surface area contributed by atoms with E-state index in [0.717, 1.165) is 115 Å². The number of aromatic nitrogens is 6. The number of benzene rings is 10. The second-order valence-corrected chi connectivity index (χ2v) is 21.2. The van der Waals surface area contributed by atoms with E-state index in [1.165, 1.54) is 16.3 Å². The first-order valence-electron chi connectivity index (χ1n) is 26.2. The molecule has 0 fully saturated rings. The molecule has 7 nitrogen and oxygen atoms in total. The Morgan fingerprint density at radius 3 is 1.90 bits per heavy atom. The molecule has 0 saturated carbocycles. The fourth-order valence-electron chi connectivity index (χ4n) is 12.2. The van der Waals surface area contributed by atoms with Crippen LogP contribution in [0.2, 0.25) is 0 Å². The first kappa shape index (κ1) is 46.0. The molecule has 0 atom stereocenters. The number of imidazole rings is 1. The predicted octanol–water partition coefficient (Wildman–Crippen LogP) is 17.0. The van der Waals surface area contributed by atoms with E-state index in [4.69, 9.17) is 9.40 Å². The minimum atomic E-state index is -0.0933. The molecule has 0 aliphatic heterocycles. The molecule has 16 aromatic rings. The number of rotatable bonds is 1. The summed E-state index contributed by atoms with van der Waals surface area (Å²) in [6.45, 7) is 6.72. The summed E-state index contributed by atoms with van der Waals surface area (Å²) in [7, 11) is 0. The Balaban J connectivity index is 0.00000529. The van der Waals surface area contributed by atoms with Crippen LogP contribution in [0, 0.1) is 18.5 Å². The zero-order chi connectivity index (χ0) is 51.1. The Bertz CT molecular complexity index is 5410. The van der Waals surface area contributed by atoms with Crippen molar-refractivity contribution in [2.75, 3.05) is 0 Å². The second kappa shape index (κ2) is 17.4. The van der Waals surface area contributed by atoms with E-state index in [2.05, 4.69) is 268 Å². The van der Waals surface area contributed by atoms with Crippen LogP contribution in [0.1, 0.15) is 26.3 Å². The topological polar surface area (TPSA) is 48.3 Å². The van der Waals surface area contributed by atoms with Crippen LogP contribution in [0.4, 0.5) is 0 Å². The van der Waals surface area contributed by atoms with E-state index in [9.17, 15) is 0 Å². The van der Waals surface area contributed by atoms with Crippen LogP contribution in [0.3, 0.4) is 0 Å². The van der Waals surface area contributed by atoms with Crippen LogP contribution in [-0.4, -0.2) is 22.8 Å². The zero-order valence-corrected chi connectivity index (χ0v) is 45.0. The third-order valence-electron chi connectivity index (χ3n) is 15.8. The van der Waals surface area contributed by atoms with E-state index in [-0.39, 0.29) is 26.5 Å². The van der Waals surface area contributed by atoms with Crippen molar-refractivity contribution in [3.8, 4) is 5.82 Å². The third-order valence-corrected chi connectivity index (χ3v) is 15.8. The second-order valence-electron chi connectivity index (χ2n) is 21.2. The Morgan fingerprint density at radius 2 is 1.09 bits per heavy atom. The zero-order valence-electron chi connectivity index (χ0n) is 42.8. The van der Waals surface area contributed by atoms with Crippen LogP contribution in [0.5, 0.6) is 0 Å². The van der Waals surface area contributed by atoms with Crippen LogP contribution in [0.25, 0.3) is 137 Å². The first-order valence-corrected chi connectivity index (χ1v) is 26.2. The average molecular weight is 1180 g/mol. The summed E-state index contributed by atoms with van der Waals surface area (Å²) in [6, 6.07) is 86.2. The van der Waals surface area contributed by atoms with Gasteiger partial charge in [-0.1, -0.05) is 171 Å². The summed E-state index contributed by atoms with van der Waals surface area (Å²) in [4.78, 5) is 5.05. The van der Waals surface area contributed by atoms with Gasteiger partial charge in [-0.2, -0.15) is 12.1 Å². The van der Waals surface area contributed by atoms with Crippen molar-refractivity contribution in [1.29, 1.82) is 0 Å². The SMILES string of the molecule is CC(C)(C)c1ccnc(-n2c3[c-]c4oc5[c-]c(ccc5)n5[c-][n+](c6ccccc6c6cccc(c6)n6c7ccccc7c7ccc(cc76)c6cccc7c8ccccc8n(c4cc3c3ccccc32)c67)c2ccccc25)c1.[Pt]. The van der Waals surface area contributed by atoms with Gasteiger partial charge in [-0.25, -0.2) is 4.98 Å². The molecule has 0 N–H and O–H groups in total. The molecule has 0 amide bonds. The summed E-state index contributed by atoms with van der Waals surface area (Å²) >= 11 is 0. The monoisotopic (exact) mass is 1180 g/mol. The van der Waals surface area contributed by atoms with E-state index >= 15 is 0 Å². The Hall–Kier alpha value is -9.29. The van der Waals surface area contributed by atoms with Crippen molar-refractivity contribution in [3.05, 3.63) is 249 Å². The van der Waals surface area contributed by atoms with Gasteiger partial charge in [0.2, 0.25) is 0 Å². The van der Waals surface area contributed by atoms with Crippen LogP contribution < -0.4 is 4.40 Å². The molecule has 8 heteroatoms. The van der Waals surface area contributed by atoms with Crippen molar-refractivity contribution >= 4 is 131 Å². The van der Waals surface area contributed by atoms with Gasteiger partial charge in [0.15, 0.2) is 0 Å². The minimum absolute atomic E-state index is 0. The molecular weight excluding hydrogens is 1140 g/mol. The van der Waals surface area contributed by atoms with Gasteiger partial charge in [0.05, 0.1) is 33.1 Å². The molecular formula is C70H46N6OPt-2. The van der Waals surface area contributed by atoms with Gasteiger partial charge >= 0.3 is 0 Å².